The van der Waals surface area contributed by atoms with E-state index in [2.05, 4.69) is 21.2 Å². The maximum atomic E-state index is 13.8. The van der Waals surface area contributed by atoms with Crippen molar-refractivity contribution in [1.29, 1.82) is 0 Å². The van der Waals surface area contributed by atoms with Crippen LogP contribution in [0.2, 0.25) is 0 Å². The highest BCUT2D eigenvalue weighted by Crippen LogP contribution is 2.35. The van der Waals surface area contributed by atoms with E-state index in [9.17, 15) is 14.4 Å². The van der Waals surface area contributed by atoms with Crippen LogP contribution in [0.25, 0.3) is 6.08 Å². The number of benzene rings is 1. The SMILES string of the molecule is O=C(N/C(=C\c1cccc(Br)c1)C(=O)N1C[C@H]2C[C@@H](C1)c1cccc(=O)n1C2)C1CCCCC1. The van der Waals surface area contributed by atoms with Crippen molar-refractivity contribution in [2.75, 3.05) is 13.1 Å². The predicted octanol–water partition coefficient (Wildman–Crippen LogP) is 4.29. The zero-order chi connectivity index (χ0) is 23.7. The Bertz CT molecular complexity index is 1180. The topological polar surface area (TPSA) is 71.4 Å². The lowest BCUT2D eigenvalue weighted by atomic mass is 9.83. The molecule has 3 aliphatic rings. The van der Waals surface area contributed by atoms with Crippen LogP contribution in [0, 0.1) is 11.8 Å². The van der Waals surface area contributed by atoms with Crippen molar-refractivity contribution in [2.45, 2.75) is 51.0 Å². The maximum Gasteiger partial charge on any atom is 0.270 e. The number of pyridine rings is 1. The fourth-order valence-electron chi connectivity index (χ4n) is 5.75. The number of nitrogens with zero attached hydrogens (tertiary/aromatic N) is 2. The van der Waals surface area contributed by atoms with Crippen LogP contribution >= 0.6 is 15.9 Å². The van der Waals surface area contributed by atoms with E-state index in [0.717, 1.165) is 47.8 Å². The van der Waals surface area contributed by atoms with Gasteiger partial charge in [0.15, 0.2) is 0 Å². The summed E-state index contributed by atoms with van der Waals surface area (Å²) in [5.74, 6) is 0.129. The van der Waals surface area contributed by atoms with Gasteiger partial charge in [0.1, 0.15) is 5.70 Å². The van der Waals surface area contributed by atoms with Gasteiger partial charge >= 0.3 is 0 Å². The second-order valence-electron chi connectivity index (χ2n) is 9.85. The Balaban J connectivity index is 1.41. The van der Waals surface area contributed by atoms with Crippen LogP contribution in [-0.2, 0) is 16.1 Å². The summed E-state index contributed by atoms with van der Waals surface area (Å²) in [5, 5.41) is 3.01. The molecule has 2 amide bonds. The molecular formula is C27H30BrN3O3. The summed E-state index contributed by atoms with van der Waals surface area (Å²) in [6.45, 7) is 1.77. The third-order valence-corrected chi connectivity index (χ3v) is 7.88. The number of hydrogen-bond donors (Lipinski definition) is 1. The Morgan fingerprint density at radius 2 is 1.79 bits per heavy atom. The number of aromatic nitrogens is 1. The molecule has 2 bridgehead atoms. The number of nitrogens with one attached hydrogen (secondary N) is 1. The molecule has 0 radical (unpaired) electrons. The van der Waals surface area contributed by atoms with Gasteiger partial charge in [-0.1, -0.05) is 53.4 Å². The number of hydrogen-bond acceptors (Lipinski definition) is 3. The van der Waals surface area contributed by atoms with E-state index in [-0.39, 0.29) is 35.1 Å². The van der Waals surface area contributed by atoms with E-state index in [1.165, 1.54) is 6.42 Å². The van der Waals surface area contributed by atoms with Crippen molar-refractivity contribution >= 4 is 33.8 Å². The standard InChI is InChI=1S/C27H30BrN3O3/c28-22-9-4-6-18(13-22)14-23(29-26(33)20-7-2-1-3-8-20)27(34)30-15-19-12-21(17-30)24-10-5-11-25(32)31(24)16-19/h4-6,9-11,13-14,19-21H,1-3,7-8,12,15-17H2,(H,29,33)/b23-14-/t19-,21+/m1/s1. The highest BCUT2D eigenvalue weighted by molar-refractivity contribution is 9.10. The van der Waals surface area contributed by atoms with Crippen LogP contribution < -0.4 is 10.9 Å². The van der Waals surface area contributed by atoms with Gasteiger partial charge in [-0.25, -0.2) is 0 Å². The number of carbonyl (C=O) groups is 2. The largest absolute Gasteiger partial charge is 0.336 e. The predicted molar refractivity (Wildman–Crippen MR) is 135 cm³/mol. The van der Waals surface area contributed by atoms with Gasteiger partial charge in [0, 0.05) is 47.7 Å². The van der Waals surface area contributed by atoms with Gasteiger partial charge in [0.25, 0.3) is 11.5 Å². The molecule has 2 aliphatic heterocycles. The molecule has 5 rings (SSSR count). The zero-order valence-electron chi connectivity index (χ0n) is 19.2. The number of fused-ring (bicyclic) bond motifs is 4. The number of likely N-dealkylation sites (tertiary alicyclic amines) is 1. The molecular weight excluding hydrogens is 494 g/mol. The molecule has 1 aliphatic carbocycles. The lowest BCUT2D eigenvalue weighted by molar-refractivity contribution is -0.133. The summed E-state index contributed by atoms with van der Waals surface area (Å²) >= 11 is 3.49. The van der Waals surface area contributed by atoms with Crippen molar-refractivity contribution in [3.63, 3.8) is 0 Å². The second-order valence-corrected chi connectivity index (χ2v) is 10.8. The molecule has 34 heavy (non-hydrogen) atoms. The molecule has 6 nitrogen and oxygen atoms in total. The summed E-state index contributed by atoms with van der Waals surface area (Å²) in [6, 6.07) is 13.1. The van der Waals surface area contributed by atoms with E-state index < -0.39 is 0 Å². The Morgan fingerprint density at radius 1 is 1.00 bits per heavy atom. The number of halogens is 1. The van der Waals surface area contributed by atoms with Crippen LogP contribution in [0.4, 0.5) is 0 Å². The third-order valence-electron chi connectivity index (χ3n) is 7.39. The normalized spacial score (nSPS) is 22.7. The van der Waals surface area contributed by atoms with Gasteiger partial charge in [0.05, 0.1) is 0 Å². The number of rotatable bonds is 4. The summed E-state index contributed by atoms with van der Waals surface area (Å²) < 4.78 is 2.78. The summed E-state index contributed by atoms with van der Waals surface area (Å²) in [4.78, 5) is 41.1. The fraction of sp³-hybridized carbons (Fsp3) is 0.444. The van der Waals surface area contributed by atoms with Gasteiger partial charge in [-0.15, -0.1) is 0 Å². The van der Waals surface area contributed by atoms with Gasteiger partial charge in [0.2, 0.25) is 5.91 Å². The van der Waals surface area contributed by atoms with Crippen LogP contribution in [0.3, 0.4) is 0 Å². The first kappa shape index (κ1) is 23.1. The molecule has 2 aromatic rings. The van der Waals surface area contributed by atoms with E-state index in [1.807, 2.05) is 39.8 Å². The molecule has 2 atom stereocenters. The summed E-state index contributed by atoms with van der Waals surface area (Å²) in [6.07, 6.45) is 7.82. The van der Waals surface area contributed by atoms with Gasteiger partial charge in [-0.2, -0.15) is 0 Å². The molecule has 1 saturated carbocycles. The van der Waals surface area contributed by atoms with Crippen LogP contribution in [-0.4, -0.2) is 34.4 Å². The quantitative estimate of drug-likeness (QED) is 0.607. The van der Waals surface area contributed by atoms with E-state index in [0.29, 0.717) is 25.3 Å². The van der Waals surface area contributed by atoms with Gasteiger partial charge < -0.3 is 14.8 Å². The lowest BCUT2D eigenvalue weighted by Crippen LogP contribution is -2.51. The first-order valence-corrected chi connectivity index (χ1v) is 13.0. The lowest BCUT2D eigenvalue weighted by Gasteiger charge is -2.43. The summed E-state index contributed by atoms with van der Waals surface area (Å²) in [7, 11) is 0. The molecule has 1 saturated heterocycles. The van der Waals surface area contributed by atoms with E-state index in [4.69, 9.17) is 0 Å². The van der Waals surface area contributed by atoms with Crippen molar-refractivity contribution < 1.29 is 9.59 Å². The zero-order valence-corrected chi connectivity index (χ0v) is 20.8. The molecule has 1 aromatic carbocycles. The average Bonchev–Trinajstić information content (AvgIpc) is 2.84. The van der Waals surface area contributed by atoms with E-state index >= 15 is 0 Å². The first-order chi connectivity index (χ1) is 16.5. The number of carbonyl (C=O) groups excluding carboxylic acids is 2. The molecule has 0 spiro atoms. The molecule has 0 unspecified atom stereocenters. The second kappa shape index (κ2) is 9.90. The number of amides is 2. The highest BCUT2D eigenvalue weighted by atomic mass is 79.9. The minimum atomic E-state index is -0.148. The molecule has 3 heterocycles. The van der Waals surface area contributed by atoms with Crippen molar-refractivity contribution in [3.8, 4) is 0 Å². The number of piperidine rings is 1. The fourth-order valence-corrected chi connectivity index (χ4v) is 6.16. The van der Waals surface area contributed by atoms with Crippen molar-refractivity contribution in [1.82, 2.24) is 14.8 Å². The average molecular weight is 524 g/mol. The van der Waals surface area contributed by atoms with Crippen LogP contribution in [0.5, 0.6) is 0 Å². The van der Waals surface area contributed by atoms with Crippen LogP contribution in [0.15, 0.2) is 57.4 Å². The van der Waals surface area contributed by atoms with Gasteiger partial charge in [-0.3, -0.25) is 14.4 Å². The summed E-state index contributed by atoms with van der Waals surface area (Å²) in [5.41, 5.74) is 2.22. The third kappa shape index (κ3) is 4.90. The molecule has 1 N–H and O–H groups in total. The molecule has 7 heteroatoms. The Kier molecular flexibility index (Phi) is 6.73. The monoisotopic (exact) mass is 523 g/mol. The van der Waals surface area contributed by atoms with Crippen LogP contribution in [0.1, 0.15) is 55.7 Å². The Labute approximate surface area is 208 Å². The molecule has 178 valence electrons. The van der Waals surface area contributed by atoms with Gasteiger partial charge in [-0.05, 0) is 55.0 Å². The minimum Gasteiger partial charge on any atom is -0.336 e. The van der Waals surface area contributed by atoms with E-state index in [1.54, 1.807) is 18.2 Å². The minimum absolute atomic E-state index is 0.0296. The molecule has 1 aromatic heterocycles. The molecule has 2 fully saturated rings. The maximum absolute atomic E-state index is 13.8. The Hall–Kier alpha value is -2.67. The first-order valence-electron chi connectivity index (χ1n) is 12.2. The highest BCUT2D eigenvalue weighted by Gasteiger charge is 2.37. The van der Waals surface area contributed by atoms with Crippen molar-refractivity contribution in [2.24, 2.45) is 11.8 Å². The Morgan fingerprint density at radius 3 is 2.59 bits per heavy atom. The smallest absolute Gasteiger partial charge is 0.270 e. The van der Waals surface area contributed by atoms with Crippen molar-refractivity contribution in [3.05, 3.63) is 74.2 Å².